The van der Waals surface area contributed by atoms with Gasteiger partial charge in [-0.2, -0.15) is 0 Å². The van der Waals surface area contributed by atoms with Crippen molar-refractivity contribution in [2.45, 2.75) is 76.2 Å². The summed E-state index contributed by atoms with van der Waals surface area (Å²) >= 11 is 6.13. The molecule has 1 amide bonds. The van der Waals surface area contributed by atoms with Crippen LogP contribution in [0.2, 0.25) is 5.02 Å². The van der Waals surface area contributed by atoms with Gasteiger partial charge in [-0.05, 0) is 74.6 Å². The zero-order valence-corrected chi connectivity index (χ0v) is 17.5. The maximum atomic E-state index is 12.9. The maximum Gasteiger partial charge on any atom is 0.223 e. The minimum Gasteiger partial charge on any atom is -0.390 e. The van der Waals surface area contributed by atoms with Gasteiger partial charge in [-0.3, -0.25) is 4.79 Å². The largest absolute Gasteiger partial charge is 0.390 e. The third kappa shape index (κ3) is 4.51. The summed E-state index contributed by atoms with van der Waals surface area (Å²) in [7, 11) is 1.91. The topological polar surface area (TPSA) is 41.1 Å². The lowest BCUT2D eigenvalue weighted by molar-refractivity contribution is -0.128. The number of benzene rings is 1. The van der Waals surface area contributed by atoms with Gasteiger partial charge in [0.25, 0.3) is 0 Å². The Bertz CT molecular complexity index is 686. The Kier molecular flexibility index (Phi) is 6.52. The first-order valence-electron chi connectivity index (χ1n) is 10.4. The van der Waals surface area contributed by atoms with Crippen LogP contribution in [0.4, 0.5) is 0 Å². The quantitative estimate of drug-likeness (QED) is 0.701. The van der Waals surface area contributed by atoms with E-state index in [1.807, 2.05) is 13.1 Å². The molecule has 1 aromatic rings. The Hall–Kier alpha value is -1.48. The first-order valence-corrected chi connectivity index (χ1v) is 10.8. The zero-order valence-electron chi connectivity index (χ0n) is 16.7. The zero-order chi connectivity index (χ0) is 19.4. The molecule has 148 valence electrons. The number of nitrogens with one attached hydrogen (secondary N) is 2. The third-order valence-electron chi connectivity index (χ3n) is 6.73. The number of carbonyl (C=O) groups excluding carboxylic acids is 1. The number of rotatable bonds is 5. The summed E-state index contributed by atoms with van der Waals surface area (Å²) in [4.78, 5) is 12.9. The van der Waals surface area contributed by atoms with Gasteiger partial charge in [0.05, 0.1) is 5.54 Å². The van der Waals surface area contributed by atoms with E-state index in [0.29, 0.717) is 5.92 Å². The van der Waals surface area contributed by atoms with Gasteiger partial charge in [-0.15, -0.1) is 0 Å². The second-order valence-corrected chi connectivity index (χ2v) is 8.85. The second kappa shape index (κ2) is 8.68. The SMILES string of the molecule is C=C(NC)C1(NC(=O)C2CCCCC2)CCC(c2ccc(Cl)cc2C)CC1. The minimum absolute atomic E-state index is 0.177. The monoisotopic (exact) mass is 388 g/mol. The summed E-state index contributed by atoms with van der Waals surface area (Å²) in [6.45, 7) is 6.39. The van der Waals surface area contributed by atoms with Gasteiger partial charge in [0.2, 0.25) is 5.91 Å². The van der Waals surface area contributed by atoms with Crippen LogP contribution in [0.5, 0.6) is 0 Å². The van der Waals surface area contributed by atoms with E-state index < -0.39 is 0 Å². The average molecular weight is 389 g/mol. The summed E-state index contributed by atoms with van der Waals surface area (Å²) in [5, 5.41) is 7.45. The van der Waals surface area contributed by atoms with Crippen LogP contribution in [0.3, 0.4) is 0 Å². The first kappa shape index (κ1) is 20.3. The highest BCUT2D eigenvalue weighted by Gasteiger charge is 2.40. The molecule has 0 heterocycles. The normalized spacial score (nSPS) is 26.4. The van der Waals surface area contributed by atoms with Gasteiger partial charge >= 0.3 is 0 Å². The fourth-order valence-corrected chi connectivity index (χ4v) is 5.19. The van der Waals surface area contributed by atoms with Gasteiger partial charge in [-0.25, -0.2) is 0 Å². The van der Waals surface area contributed by atoms with E-state index in [-0.39, 0.29) is 17.4 Å². The van der Waals surface area contributed by atoms with Crippen LogP contribution in [-0.4, -0.2) is 18.5 Å². The molecule has 0 atom stereocenters. The Balaban J connectivity index is 1.71. The van der Waals surface area contributed by atoms with Crippen molar-refractivity contribution in [1.82, 2.24) is 10.6 Å². The smallest absolute Gasteiger partial charge is 0.223 e. The lowest BCUT2D eigenvalue weighted by atomic mass is 9.71. The second-order valence-electron chi connectivity index (χ2n) is 8.41. The van der Waals surface area contributed by atoms with E-state index in [1.165, 1.54) is 30.4 Å². The molecule has 1 aromatic carbocycles. The molecule has 2 aliphatic carbocycles. The van der Waals surface area contributed by atoms with Crippen molar-refractivity contribution in [2.75, 3.05) is 7.05 Å². The van der Waals surface area contributed by atoms with Crippen molar-refractivity contribution in [1.29, 1.82) is 0 Å². The minimum atomic E-state index is -0.319. The van der Waals surface area contributed by atoms with Crippen molar-refractivity contribution in [3.63, 3.8) is 0 Å². The van der Waals surface area contributed by atoms with E-state index in [0.717, 1.165) is 49.2 Å². The number of carbonyl (C=O) groups is 1. The van der Waals surface area contributed by atoms with Crippen LogP contribution in [0.15, 0.2) is 30.5 Å². The van der Waals surface area contributed by atoms with E-state index in [4.69, 9.17) is 11.6 Å². The molecule has 2 fully saturated rings. The number of likely N-dealkylation sites (N-methyl/N-ethyl adjacent to an activating group) is 1. The van der Waals surface area contributed by atoms with E-state index in [1.54, 1.807) is 0 Å². The summed E-state index contributed by atoms with van der Waals surface area (Å²) in [5.74, 6) is 0.926. The highest BCUT2D eigenvalue weighted by Crippen LogP contribution is 2.42. The van der Waals surface area contributed by atoms with Crippen LogP contribution < -0.4 is 10.6 Å². The lowest BCUT2D eigenvalue weighted by Gasteiger charge is -2.43. The molecule has 2 N–H and O–H groups in total. The number of aryl methyl sites for hydroxylation is 1. The molecule has 0 bridgehead atoms. The summed E-state index contributed by atoms with van der Waals surface area (Å²) in [6, 6.07) is 6.21. The Morgan fingerprint density at radius 3 is 2.41 bits per heavy atom. The fraction of sp³-hybridized carbons (Fsp3) is 0.609. The molecular weight excluding hydrogens is 356 g/mol. The van der Waals surface area contributed by atoms with Crippen molar-refractivity contribution < 1.29 is 4.79 Å². The lowest BCUT2D eigenvalue weighted by Crippen LogP contribution is -2.55. The standard InChI is InChI=1S/C23H33ClN2O/c1-16-15-20(24)9-10-21(16)18-11-13-23(14-12-18,17(2)25-3)26-22(27)19-7-5-4-6-8-19/h9-10,15,18-19,25H,2,4-8,11-14H2,1,3H3,(H,26,27). The fourth-order valence-electron chi connectivity index (χ4n) is 4.96. The number of hydrogen-bond acceptors (Lipinski definition) is 2. The summed E-state index contributed by atoms with van der Waals surface area (Å²) in [5.41, 5.74) is 3.28. The van der Waals surface area contributed by atoms with E-state index in [2.05, 4.69) is 36.3 Å². The highest BCUT2D eigenvalue weighted by molar-refractivity contribution is 6.30. The molecule has 0 unspecified atom stereocenters. The highest BCUT2D eigenvalue weighted by atomic mass is 35.5. The molecule has 2 saturated carbocycles. The van der Waals surface area contributed by atoms with Crippen molar-refractivity contribution in [2.24, 2.45) is 5.92 Å². The van der Waals surface area contributed by atoms with Gasteiger partial charge in [-0.1, -0.05) is 43.5 Å². The number of hydrogen-bond donors (Lipinski definition) is 2. The number of amides is 1. The third-order valence-corrected chi connectivity index (χ3v) is 6.96. The average Bonchev–Trinajstić information content (AvgIpc) is 2.69. The van der Waals surface area contributed by atoms with E-state index >= 15 is 0 Å². The molecule has 0 radical (unpaired) electrons. The molecule has 0 spiro atoms. The van der Waals surface area contributed by atoms with Gasteiger partial charge < -0.3 is 10.6 Å². The Morgan fingerprint density at radius 2 is 1.81 bits per heavy atom. The van der Waals surface area contributed by atoms with Crippen LogP contribution in [-0.2, 0) is 4.79 Å². The molecule has 0 aromatic heterocycles. The Morgan fingerprint density at radius 1 is 1.15 bits per heavy atom. The van der Waals surface area contributed by atoms with Gasteiger partial charge in [0, 0.05) is 23.7 Å². The molecule has 0 saturated heterocycles. The van der Waals surface area contributed by atoms with Gasteiger partial charge in [0.1, 0.15) is 0 Å². The van der Waals surface area contributed by atoms with Crippen LogP contribution >= 0.6 is 11.6 Å². The van der Waals surface area contributed by atoms with E-state index in [9.17, 15) is 4.79 Å². The molecular formula is C23H33ClN2O. The van der Waals surface area contributed by atoms with Crippen molar-refractivity contribution in [3.8, 4) is 0 Å². The first-order chi connectivity index (χ1) is 12.9. The van der Waals surface area contributed by atoms with Crippen LogP contribution in [0.25, 0.3) is 0 Å². The van der Waals surface area contributed by atoms with Crippen molar-refractivity contribution in [3.05, 3.63) is 46.6 Å². The van der Waals surface area contributed by atoms with Gasteiger partial charge in [0.15, 0.2) is 0 Å². The predicted molar refractivity (Wildman–Crippen MR) is 113 cm³/mol. The molecule has 4 heteroatoms. The Labute approximate surface area is 168 Å². The molecule has 3 rings (SSSR count). The summed E-state index contributed by atoms with van der Waals surface area (Å²) < 4.78 is 0. The molecule has 3 nitrogen and oxygen atoms in total. The van der Waals surface area contributed by atoms with Crippen LogP contribution in [0.1, 0.15) is 74.8 Å². The predicted octanol–water partition coefficient (Wildman–Crippen LogP) is 5.47. The molecule has 27 heavy (non-hydrogen) atoms. The molecule has 0 aliphatic heterocycles. The number of halogens is 1. The summed E-state index contributed by atoms with van der Waals surface area (Å²) in [6.07, 6.45) is 9.63. The molecule has 2 aliphatic rings. The maximum absolute atomic E-state index is 12.9. The van der Waals surface area contributed by atoms with Crippen molar-refractivity contribution >= 4 is 17.5 Å². The van der Waals surface area contributed by atoms with Crippen LogP contribution in [0, 0.1) is 12.8 Å².